The molecule has 1 saturated heterocycles. The number of nitrogens with zero attached hydrogens (tertiary/aromatic N) is 2. The van der Waals surface area contributed by atoms with Crippen molar-refractivity contribution in [1.29, 1.82) is 0 Å². The van der Waals surface area contributed by atoms with Gasteiger partial charge in [-0.3, -0.25) is 9.69 Å². The lowest BCUT2D eigenvalue weighted by molar-refractivity contribution is 0.101. The number of phenolic OH excluding ortho intramolecular Hbond substituents is 1. The molecule has 158 valence electrons. The van der Waals surface area contributed by atoms with Gasteiger partial charge in [-0.15, -0.1) is 0 Å². The molecule has 0 aliphatic carbocycles. The van der Waals surface area contributed by atoms with Crippen molar-refractivity contribution in [3.63, 3.8) is 0 Å². The zero-order chi connectivity index (χ0) is 21.3. The minimum atomic E-state index is -0.115. The third-order valence-corrected chi connectivity index (χ3v) is 6.01. The van der Waals surface area contributed by atoms with Crippen LogP contribution < -0.4 is 9.64 Å². The zero-order valence-corrected chi connectivity index (χ0v) is 18.1. The predicted molar refractivity (Wildman–Crippen MR) is 120 cm³/mol. The first-order valence-corrected chi connectivity index (χ1v) is 10.7. The standard InChI is InChI=1S/C25H30N2O3/c1-17-14-21(28)20(16-27-12-6-4-5-7-13-27)25-23(17)24(29)22(30-25)15-18-8-10-19(11-9-18)26(2)3/h8-11,14-15,28H,4-7,12-13,16H2,1-3H3/b22-15-. The van der Waals surface area contributed by atoms with Gasteiger partial charge in [0.2, 0.25) is 5.78 Å². The number of fused-ring (bicyclic) bond motifs is 1. The van der Waals surface area contributed by atoms with E-state index in [1.54, 1.807) is 12.1 Å². The van der Waals surface area contributed by atoms with Gasteiger partial charge < -0.3 is 14.7 Å². The monoisotopic (exact) mass is 406 g/mol. The summed E-state index contributed by atoms with van der Waals surface area (Å²) in [6.07, 6.45) is 6.63. The molecule has 0 unspecified atom stereocenters. The molecule has 1 N–H and O–H groups in total. The normalized spacial score (nSPS) is 18.2. The Balaban J connectivity index is 1.65. The molecule has 0 aromatic heterocycles. The van der Waals surface area contributed by atoms with Crippen LogP contribution in [0.3, 0.4) is 0 Å². The van der Waals surface area contributed by atoms with Crippen LogP contribution in [0.15, 0.2) is 36.1 Å². The quantitative estimate of drug-likeness (QED) is 0.742. The predicted octanol–water partition coefficient (Wildman–Crippen LogP) is 4.76. The van der Waals surface area contributed by atoms with E-state index in [9.17, 15) is 9.90 Å². The summed E-state index contributed by atoms with van der Waals surface area (Å²) < 4.78 is 6.08. The second-order valence-corrected chi connectivity index (χ2v) is 8.51. The van der Waals surface area contributed by atoms with Crippen molar-refractivity contribution in [3.05, 3.63) is 58.3 Å². The molecule has 30 heavy (non-hydrogen) atoms. The molecule has 2 aliphatic rings. The van der Waals surface area contributed by atoms with Crippen LogP contribution in [-0.4, -0.2) is 43.0 Å². The summed E-state index contributed by atoms with van der Waals surface area (Å²) in [5.74, 6) is 0.933. The van der Waals surface area contributed by atoms with Gasteiger partial charge in [-0.25, -0.2) is 0 Å². The molecular weight excluding hydrogens is 376 g/mol. The van der Waals surface area contributed by atoms with Gasteiger partial charge >= 0.3 is 0 Å². The van der Waals surface area contributed by atoms with Gasteiger partial charge in [0.05, 0.1) is 11.1 Å². The fourth-order valence-electron chi connectivity index (χ4n) is 4.27. The van der Waals surface area contributed by atoms with Crippen LogP contribution in [0.5, 0.6) is 11.5 Å². The van der Waals surface area contributed by atoms with Crippen LogP contribution in [-0.2, 0) is 6.54 Å². The van der Waals surface area contributed by atoms with E-state index in [0.29, 0.717) is 23.6 Å². The number of benzene rings is 2. The fourth-order valence-corrected chi connectivity index (χ4v) is 4.27. The minimum absolute atomic E-state index is 0.115. The third kappa shape index (κ3) is 4.08. The molecule has 0 saturated carbocycles. The number of anilines is 1. The molecule has 0 bridgehead atoms. The highest BCUT2D eigenvalue weighted by Crippen LogP contribution is 2.42. The number of carbonyl (C=O) groups is 1. The molecule has 5 nitrogen and oxygen atoms in total. The number of rotatable bonds is 4. The maximum atomic E-state index is 13.1. The number of hydrogen-bond acceptors (Lipinski definition) is 5. The van der Waals surface area contributed by atoms with Gasteiger partial charge in [0.15, 0.2) is 5.76 Å². The van der Waals surface area contributed by atoms with E-state index in [1.165, 1.54) is 25.7 Å². The van der Waals surface area contributed by atoms with Crippen molar-refractivity contribution in [2.24, 2.45) is 0 Å². The summed E-state index contributed by atoms with van der Waals surface area (Å²) in [5, 5.41) is 10.7. The second kappa shape index (κ2) is 8.52. The summed E-state index contributed by atoms with van der Waals surface area (Å²) in [4.78, 5) is 17.5. The topological polar surface area (TPSA) is 53.0 Å². The Labute approximate surface area is 178 Å². The third-order valence-electron chi connectivity index (χ3n) is 6.01. The van der Waals surface area contributed by atoms with E-state index in [0.717, 1.165) is 35.5 Å². The van der Waals surface area contributed by atoms with Crippen molar-refractivity contribution in [2.75, 3.05) is 32.1 Å². The van der Waals surface area contributed by atoms with Crippen LogP contribution in [0.4, 0.5) is 5.69 Å². The highest BCUT2D eigenvalue weighted by molar-refractivity contribution is 6.15. The van der Waals surface area contributed by atoms with Crippen LogP contribution >= 0.6 is 0 Å². The van der Waals surface area contributed by atoms with Crippen molar-refractivity contribution in [1.82, 2.24) is 4.90 Å². The lowest BCUT2D eigenvalue weighted by atomic mass is 9.99. The summed E-state index contributed by atoms with van der Waals surface area (Å²) in [5.41, 5.74) is 4.05. The van der Waals surface area contributed by atoms with Crippen LogP contribution in [0, 0.1) is 6.92 Å². The lowest BCUT2D eigenvalue weighted by Crippen LogP contribution is -2.24. The van der Waals surface area contributed by atoms with Crippen LogP contribution in [0.25, 0.3) is 6.08 Å². The molecule has 2 aliphatic heterocycles. The number of allylic oxidation sites excluding steroid dienone is 1. The SMILES string of the molecule is Cc1cc(O)c(CN2CCCCCC2)c2c1C(=O)/C(=C/c1ccc(N(C)C)cc1)O2. The Morgan fingerprint density at radius 1 is 1.10 bits per heavy atom. The van der Waals surface area contributed by atoms with Crippen molar-refractivity contribution < 1.29 is 14.6 Å². The van der Waals surface area contributed by atoms with E-state index in [4.69, 9.17) is 4.74 Å². The van der Waals surface area contributed by atoms with Crippen molar-refractivity contribution >= 4 is 17.5 Å². The van der Waals surface area contributed by atoms with E-state index < -0.39 is 0 Å². The van der Waals surface area contributed by atoms with Gasteiger partial charge in [0, 0.05) is 26.3 Å². The van der Waals surface area contributed by atoms with E-state index >= 15 is 0 Å². The molecule has 1 fully saturated rings. The van der Waals surface area contributed by atoms with E-state index in [1.807, 2.05) is 50.2 Å². The van der Waals surface area contributed by atoms with Crippen LogP contribution in [0.1, 0.15) is 52.7 Å². The Morgan fingerprint density at radius 3 is 2.40 bits per heavy atom. The highest BCUT2D eigenvalue weighted by atomic mass is 16.5. The average Bonchev–Trinajstić information content (AvgIpc) is 2.88. The van der Waals surface area contributed by atoms with Crippen LogP contribution in [0.2, 0.25) is 0 Å². The highest BCUT2D eigenvalue weighted by Gasteiger charge is 2.33. The smallest absolute Gasteiger partial charge is 0.232 e. The van der Waals surface area contributed by atoms with Gasteiger partial charge in [0.1, 0.15) is 11.5 Å². The lowest BCUT2D eigenvalue weighted by Gasteiger charge is -2.22. The Morgan fingerprint density at radius 2 is 1.77 bits per heavy atom. The second-order valence-electron chi connectivity index (χ2n) is 8.51. The first-order valence-electron chi connectivity index (χ1n) is 10.7. The number of aromatic hydroxyl groups is 1. The number of phenols is 1. The summed E-state index contributed by atoms with van der Waals surface area (Å²) in [6, 6.07) is 9.68. The average molecular weight is 407 g/mol. The van der Waals surface area contributed by atoms with E-state index in [-0.39, 0.29) is 11.5 Å². The number of hydrogen-bond donors (Lipinski definition) is 1. The molecule has 0 atom stereocenters. The molecule has 4 rings (SSSR count). The molecule has 5 heteroatoms. The zero-order valence-electron chi connectivity index (χ0n) is 18.1. The van der Waals surface area contributed by atoms with Crippen molar-refractivity contribution in [3.8, 4) is 11.5 Å². The molecule has 0 amide bonds. The summed E-state index contributed by atoms with van der Waals surface area (Å²) >= 11 is 0. The number of Topliss-reactive ketones (excluding diaryl/α,β-unsaturated/α-hetero) is 1. The fraction of sp³-hybridized carbons (Fsp3) is 0.400. The molecule has 2 aromatic rings. The maximum Gasteiger partial charge on any atom is 0.232 e. The summed E-state index contributed by atoms with van der Waals surface area (Å²) in [6.45, 7) is 4.48. The van der Waals surface area contributed by atoms with Gasteiger partial charge in [0.25, 0.3) is 0 Å². The number of aryl methyl sites for hydroxylation is 1. The first-order chi connectivity index (χ1) is 14.4. The Bertz CT molecular complexity index is 969. The van der Waals surface area contributed by atoms with Crippen molar-refractivity contribution in [2.45, 2.75) is 39.2 Å². The number of carbonyl (C=O) groups excluding carboxylic acids is 1. The van der Waals surface area contributed by atoms with Gasteiger partial charge in [-0.2, -0.15) is 0 Å². The Hall–Kier alpha value is -2.79. The number of ketones is 1. The maximum absolute atomic E-state index is 13.1. The minimum Gasteiger partial charge on any atom is -0.507 e. The molecule has 2 aromatic carbocycles. The first kappa shape index (κ1) is 20.5. The summed E-state index contributed by atoms with van der Waals surface area (Å²) in [7, 11) is 3.99. The number of ether oxygens (including phenoxy) is 1. The molecular formula is C25H30N2O3. The Kier molecular flexibility index (Phi) is 5.82. The largest absolute Gasteiger partial charge is 0.507 e. The number of likely N-dealkylation sites (tertiary alicyclic amines) is 1. The van der Waals surface area contributed by atoms with E-state index in [2.05, 4.69) is 4.90 Å². The molecule has 2 heterocycles. The van der Waals surface area contributed by atoms with Gasteiger partial charge in [-0.1, -0.05) is 25.0 Å². The van der Waals surface area contributed by atoms with Gasteiger partial charge in [-0.05, 0) is 68.3 Å². The molecule has 0 spiro atoms. The molecule has 0 radical (unpaired) electrons.